The summed E-state index contributed by atoms with van der Waals surface area (Å²) in [6, 6.07) is 3.43. The van der Waals surface area contributed by atoms with Crippen molar-refractivity contribution < 1.29 is 19.5 Å². The molecule has 0 spiro atoms. The van der Waals surface area contributed by atoms with Gasteiger partial charge in [0, 0.05) is 16.6 Å². The quantitative estimate of drug-likeness (QED) is 0.617. The Morgan fingerprint density at radius 2 is 2.05 bits per heavy atom. The number of hydrogen-bond donors (Lipinski definition) is 4. The molecule has 0 saturated carbocycles. The zero-order chi connectivity index (χ0) is 16.0. The Labute approximate surface area is 130 Å². The van der Waals surface area contributed by atoms with Crippen LogP contribution < -0.4 is 16.4 Å². The molecule has 1 aromatic carbocycles. The number of hydrogen-bond acceptors (Lipinski definition) is 3. The molecule has 0 radical (unpaired) electrons. The van der Waals surface area contributed by atoms with Gasteiger partial charge in [0.2, 0.25) is 5.91 Å². The molecular weight excluding hydrogens is 342 g/mol. The van der Waals surface area contributed by atoms with Gasteiger partial charge in [0.05, 0.1) is 0 Å². The summed E-state index contributed by atoms with van der Waals surface area (Å²) in [6.07, 6.45) is -0.178. The lowest BCUT2D eigenvalue weighted by molar-refractivity contribution is -0.139. The normalized spacial score (nSPS) is 11.5. The van der Waals surface area contributed by atoms with Crippen LogP contribution in [0, 0.1) is 6.92 Å². The van der Waals surface area contributed by atoms with Crippen molar-refractivity contribution in [1.82, 2.24) is 5.32 Å². The van der Waals surface area contributed by atoms with Crippen LogP contribution in [0.25, 0.3) is 0 Å². The third-order valence-corrected chi connectivity index (χ3v) is 3.66. The highest BCUT2D eigenvalue weighted by Crippen LogP contribution is 2.23. The van der Waals surface area contributed by atoms with Crippen LogP contribution in [-0.4, -0.2) is 29.1 Å². The van der Waals surface area contributed by atoms with Crippen molar-refractivity contribution in [2.75, 3.05) is 5.32 Å². The molecule has 0 aliphatic rings. The number of nitrogens with one attached hydrogen (secondary N) is 2. The smallest absolute Gasteiger partial charge is 0.326 e. The molecule has 21 heavy (non-hydrogen) atoms. The second kappa shape index (κ2) is 7.63. The maximum atomic E-state index is 11.8. The molecule has 8 heteroatoms. The molecule has 1 unspecified atom stereocenters. The molecule has 5 N–H and O–H groups in total. The molecule has 0 heterocycles. The Hall–Kier alpha value is -2.09. The number of nitrogens with two attached hydrogens (primary N) is 1. The topological polar surface area (TPSA) is 122 Å². The highest BCUT2D eigenvalue weighted by Gasteiger charge is 2.20. The fraction of sp³-hybridized carbons (Fsp3) is 0.308. The van der Waals surface area contributed by atoms with Crippen LogP contribution in [0.5, 0.6) is 0 Å². The fourth-order valence-corrected chi connectivity index (χ4v) is 1.97. The largest absolute Gasteiger partial charge is 0.480 e. The van der Waals surface area contributed by atoms with E-state index in [0.29, 0.717) is 5.69 Å². The first kappa shape index (κ1) is 17.0. The van der Waals surface area contributed by atoms with Gasteiger partial charge in [0.1, 0.15) is 6.04 Å². The lowest BCUT2D eigenvalue weighted by Gasteiger charge is -2.15. The lowest BCUT2D eigenvalue weighted by atomic mass is 10.1. The lowest BCUT2D eigenvalue weighted by Crippen LogP contribution is -2.43. The number of anilines is 1. The van der Waals surface area contributed by atoms with Gasteiger partial charge in [0.25, 0.3) is 0 Å². The van der Waals surface area contributed by atoms with Crippen molar-refractivity contribution in [2.45, 2.75) is 25.8 Å². The van der Waals surface area contributed by atoms with Gasteiger partial charge in [-0.15, -0.1) is 0 Å². The van der Waals surface area contributed by atoms with E-state index in [1.165, 1.54) is 0 Å². The molecule has 3 amide bonds. The average molecular weight is 358 g/mol. The van der Waals surface area contributed by atoms with Crippen LogP contribution in [0.1, 0.15) is 18.4 Å². The minimum Gasteiger partial charge on any atom is -0.480 e. The summed E-state index contributed by atoms with van der Waals surface area (Å²) in [5.74, 6) is -1.84. The molecule has 1 atom stereocenters. The third-order valence-electron chi connectivity index (χ3n) is 2.80. The second-order valence-electron chi connectivity index (χ2n) is 4.41. The van der Waals surface area contributed by atoms with Crippen LogP contribution in [0.15, 0.2) is 22.7 Å². The SMILES string of the molecule is Cc1c(Br)cccc1NC(=O)NC(CCC(N)=O)C(=O)O. The summed E-state index contributed by atoms with van der Waals surface area (Å²) < 4.78 is 0.823. The van der Waals surface area contributed by atoms with Crippen LogP contribution >= 0.6 is 15.9 Å². The van der Waals surface area contributed by atoms with Crippen molar-refractivity contribution in [3.63, 3.8) is 0 Å². The van der Waals surface area contributed by atoms with E-state index in [1.807, 2.05) is 13.0 Å². The summed E-state index contributed by atoms with van der Waals surface area (Å²) in [5, 5.41) is 13.9. The number of rotatable bonds is 6. The standard InChI is InChI=1S/C13H16BrN3O4/c1-7-8(14)3-2-4-9(7)16-13(21)17-10(12(19)20)5-6-11(15)18/h2-4,10H,5-6H2,1H3,(H2,15,18)(H,19,20)(H2,16,17,21). The highest BCUT2D eigenvalue weighted by molar-refractivity contribution is 9.10. The monoisotopic (exact) mass is 357 g/mol. The van der Waals surface area contributed by atoms with E-state index in [1.54, 1.807) is 12.1 Å². The first-order valence-electron chi connectivity index (χ1n) is 6.15. The number of urea groups is 1. The molecule has 0 fully saturated rings. The Balaban J connectivity index is 2.67. The maximum Gasteiger partial charge on any atom is 0.326 e. The summed E-state index contributed by atoms with van der Waals surface area (Å²) in [5.41, 5.74) is 6.34. The van der Waals surface area contributed by atoms with E-state index in [2.05, 4.69) is 26.6 Å². The molecule has 0 bridgehead atoms. The third kappa shape index (κ3) is 5.42. The van der Waals surface area contributed by atoms with Crippen molar-refractivity contribution in [2.24, 2.45) is 5.73 Å². The van der Waals surface area contributed by atoms with Gasteiger partial charge in [0.15, 0.2) is 0 Å². The molecule has 0 aliphatic carbocycles. The number of amides is 3. The molecule has 0 saturated heterocycles. The highest BCUT2D eigenvalue weighted by atomic mass is 79.9. The molecule has 0 aromatic heterocycles. The van der Waals surface area contributed by atoms with Crippen LogP contribution in [-0.2, 0) is 9.59 Å². The minimum absolute atomic E-state index is 0.0600. The van der Waals surface area contributed by atoms with Crippen molar-refractivity contribution in [3.05, 3.63) is 28.2 Å². The van der Waals surface area contributed by atoms with E-state index < -0.39 is 23.9 Å². The van der Waals surface area contributed by atoms with Gasteiger partial charge >= 0.3 is 12.0 Å². The minimum atomic E-state index is -1.22. The number of primary amides is 1. The number of aliphatic carboxylic acids is 1. The second-order valence-corrected chi connectivity index (χ2v) is 5.26. The molecular formula is C13H16BrN3O4. The van der Waals surface area contributed by atoms with Crippen molar-refractivity contribution in [1.29, 1.82) is 0 Å². The first-order valence-corrected chi connectivity index (χ1v) is 6.94. The van der Waals surface area contributed by atoms with Crippen molar-refractivity contribution in [3.8, 4) is 0 Å². The number of carboxylic acid groups (broad SMARTS) is 1. The van der Waals surface area contributed by atoms with Crippen LogP contribution in [0.2, 0.25) is 0 Å². The van der Waals surface area contributed by atoms with Crippen molar-refractivity contribution >= 4 is 39.5 Å². The van der Waals surface area contributed by atoms with E-state index in [-0.39, 0.29) is 12.8 Å². The van der Waals surface area contributed by atoms with Crippen LogP contribution in [0.3, 0.4) is 0 Å². The fourth-order valence-electron chi connectivity index (χ4n) is 1.60. The van der Waals surface area contributed by atoms with Crippen LogP contribution in [0.4, 0.5) is 10.5 Å². The Morgan fingerprint density at radius 1 is 1.38 bits per heavy atom. The van der Waals surface area contributed by atoms with Gasteiger partial charge in [-0.05, 0) is 31.0 Å². The van der Waals surface area contributed by atoms with Gasteiger partial charge in [-0.1, -0.05) is 22.0 Å². The Morgan fingerprint density at radius 3 is 2.62 bits per heavy atom. The summed E-state index contributed by atoms with van der Waals surface area (Å²) in [7, 11) is 0. The predicted octanol–water partition coefficient (Wildman–Crippen LogP) is 1.60. The van der Waals surface area contributed by atoms with E-state index in [0.717, 1.165) is 10.0 Å². The Bertz CT molecular complexity index is 562. The molecule has 1 aromatic rings. The van der Waals surface area contributed by atoms with Gasteiger partial charge < -0.3 is 21.5 Å². The molecule has 7 nitrogen and oxygen atoms in total. The zero-order valence-corrected chi connectivity index (χ0v) is 12.9. The number of carbonyl (C=O) groups is 3. The van der Waals surface area contributed by atoms with Gasteiger partial charge in [-0.25, -0.2) is 9.59 Å². The number of carboxylic acids is 1. The number of carbonyl (C=O) groups excluding carboxylic acids is 2. The molecule has 114 valence electrons. The summed E-state index contributed by atoms with van der Waals surface area (Å²) in [6.45, 7) is 1.81. The predicted molar refractivity (Wildman–Crippen MR) is 80.9 cm³/mol. The van der Waals surface area contributed by atoms with E-state index in [4.69, 9.17) is 10.8 Å². The zero-order valence-electron chi connectivity index (χ0n) is 11.4. The van der Waals surface area contributed by atoms with E-state index in [9.17, 15) is 14.4 Å². The molecule has 0 aliphatic heterocycles. The Kier molecular flexibility index (Phi) is 6.16. The van der Waals surface area contributed by atoms with E-state index >= 15 is 0 Å². The summed E-state index contributed by atoms with van der Waals surface area (Å²) in [4.78, 5) is 33.5. The first-order chi connectivity index (χ1) is 9.81. The number of benzene rings is 1. The van der Waals surface area contributed by atoms with Gasteiger partial charge in [-0.3, -0.25) is 4.79 Å². The summed E-state index contributed by atoms with van der Waals surface area (Å²) >= 11 is 3.33. The molecule has 1 rings (SSSR count). The number of halogens is 1. The average Bonchev–Trinajstić information content (AvgIpc) is 2.39. The van der Waals surface area contributed by atoms with Gasteiger partial charge in [-0.2, -0.15) is 0 Å². The maximum absolute atomic E-state index is 11.8.